The third-order valence-electron chi connectivity index (χ3n) is 2.90. The lowest BCUT2D eigenvalue weighted by Gasteiger charge is -2.07. The molecule has 0 fully saturated rings. The molecule has 3 rings (SSSR count). The van der Waals surface area contributed by atoms with Crippen molar-refractivity contribution in [3.63, 3.8) is 0 Å². The molecule has 0 aliphatic heterocycles. The van der Waals surface area contributed by atoms with E-state index in [0.29, 0.717) is 11.5 Å². The molecule has 0 saturated heterocycles. The molecular formula is C15H11N3O2. The fourth-order valence-corrected chi connectivity index (χ4v) is 1.97. The number of aromatic nitrogens is 2. The lowest BCUT2D eigenvalue weighted by atomic mass is 10.2. The number of hydrogen-bond acceptors (Lipinski definition) is 4. The number of nitriles is 1. The highest BCUT2D eigenvalue weighted by atomic mass is 16.5. The van der Waals surface area contributed by atoms with Crippen LogP contribution in [-0.4, -0.2) is 16.9 Å². The molecular weight excluding hydrogens is 254 g/mol. The third-order valence-corrected chi connectivity index (χ3v) is 2.90. The molecule has 0 amide bonds. The Kier molecular flexibility index (Phi) is 2.98. The molecule has 0 bridgehead atoms. The molecule has 0 unspecified atom stereocenters. The second-order valence-corrected chi connectivity index (χ2v) is 4.12. The molecule has 0 atom stereocenters. The fraction of sp³-hybridized carbons (Fsp3) is 0.0667. The zero-order valence-electron chi connectivity index (χ0n) is 10.8. The van der Waals surface area contributed by atoms with Gasteiger partial charge in [0.2, 0.25) is 0 Å². The summed E-state index contributed by atoms with van der Waals surface area (Å²) in [5, 5.41) is 13.3. The Bertz CT molecular complexity index is 767. The molecule has 0 radical (unpaired) electrons. The summed E-state index contributed by atoms with van der Waals surface area (Å²) in [5.41, 5.74) is 1.86. The highest BCUT2D eigenvalue weighted by Crippen LogP contribution is 2.25. The zero-order chi connectivity index (χ0) is 13.9. The molecule has 5 nitrogen and oxygen atoms in total. The number of hydrogen-bond donors (Lipinski definition) is 0. The minimum Gasteiger partial charge on any atom is -0.497 e. The second-order valence-electron chi connectivity index (χ2n) is 4.12. The van der Waals surface area contributed by atoms with Crippen molar-refractivity contribution < 1.29 is 9.15 Å². The standard InChI is InChI=1S/C15H11N3O2/c1-19-13-5-2-4-12(9-13)18-14(8-11(10-16)17-18)15-6-3-7-20-15/h2-9H,1H3. The van der Waals surface area contributed by atoms with Gasteiger partial charge in [-0.15, -0.1) is 0 Å². The summed E-state index contributed by atoms with van der Waals surface area (Å²) in [6.45, 7) is 0. The molecule has 1 aromatic carbocycles. The van der Waals surface area contributed by atoms with Gasteiger partial charge in [0, 0.05) is 12.1 Å². The van der Waals surface area contributed by atoms with Crippen LogP contribution in [-0.2, 0) is 0 Å². The van der Waals surface area contributed by atoms with Crippen LogP contribution in [0.5, 0.6) is 5.75 Å². The maximum atomic E-state index is 9.04. The summed E-state index contributed by atoms with van der Waals surface area (Å²) < 4.78 is 12.3. The summed E-state index contributed by atoms with van der Waals surface area (Å²) in [6.07, 6.45) is 1.59. The predicted molar refractivity (Wildman–Crippen MR) is 72.5 cm³/mol. The van der Waals surface area contributed by atoms with Crippen molar-refractivity contribution in [2.45, 2.75) is 0 Å². The third kappa shape index (κ3) is 2.04. The molecule has 98 valence electrons. The maximum Gasteiger partial charge on any atom is 0.163 e. The molecule has 2 aromatic heterocycles. The maximum absolute atomic E-state index is 9.04. The van der Waals surface area contributed by atoms with Crippen molar-refractivity contribution in [2.24, 2.45) is 0 Å². The van der Waals surface area contributed by atoms with Crippen molar-refractivity contribution in [2.75, 3.05) is 7.11 Å². The Hall–Kier alpha value is -3.00. The summed E-state index contributed by atoms with van der Waals surface area (Å²) in [4.78, 5) is 0. The van der Waals surface area contributed by atoms with E-state index in [1.54, 1.807) is 30.2 Å². The molecule has 0 aliphatic rings. The van der Waals surface area contributed by atoms with Crippen molar-refractivity contribution in [1.82, 2.24) is 9.78 Å². The van der Waals surface area contributed by atoms with Crippen LogP contribution in [0.2, 0.25) is 0 Å². The first kappa shape index (κ1) is 12.1. The summed E-state index contributed by atoms with van der Waals surface area (Å²) in [7, 11) is 1.61. The number of rotatable bonds is 3. The highest BCUT2D eigenvalue weighted by Gasteiger charge is 2.13. The Balaban J connectivity index is 2.17. The first-order valence-electron chi connectivity index (χ1n) is 6.00. The second kappa shape index (κ2) is 4.94. The quantitative estimate of drug-likeness (QED) is 0.730. The minimum absolute atomic E-state index is 0.333. The fourth-order valence-electron chi connectivity index (χ4n) is 1.97. The Morgan fingerprint density at radius 1 is 1.25 bits per heavy atom. The summed E-state index contributed by atoms with van der Waals surface area (Å²) in [6, 6.07) is 14.8. The van der Waals surface area contributed by atoms with Gasteiger partial charge in [-0.25, -0.2) is 4.68 Å². The van der Waals surface area contributed by atoms with Crippen LogP contribution in [0.3, 0.4) is 0 Å². The number of benzene rings is 1. The monoisotopic (exact) mass is 265 g/mol. The van der Waals surface area contributed by atoms with E-state index >= 15 is 0 Å². The van der Waals surface area contributed by atoms with E-state index in [0.717, 1.165) is 17.1 Å². The van der Waals surface area contributed by atoms with Crippen molar-refractivity contribution >= 4 is 0 Å². The molecule has 0 N–H and O–H groups in total. The van der Waals surface area contributed by atoms with Crippen LogP contribution in [0.4, 0.5) is 0 Å². The summed E-state index contributed by atoms with van der Waals surface area (Å²) >= 11 is 0. The van der Waals surface area contributed by atoms with Gasteiger partial charge in [0.25, 0.3) is 0 Å². The molecule has 5 heteroatoms. The van der Waals surface area contributed by atoms with Crippen LogP contribution in [0.1, 0.15) is 5.69 Å². The SMILES string of the molecule is COc1cccc(-n2nc(C#N)cc2-c2ccco2)c1. The normalized spacial score (nSPS) is 10.2. The minimum atomic E-state index is 0.333. The molecule has 0 saturated carbocycles. The van der Waals surface area contributed by atoms with Gasteiger partial charge in [-0.2, -0.15) is 10.4 Å². The first-order valence-corrected chi connectivity index (χ1v) is 6.00. The van der Waals surface area contributed by atoms with Crippen LogP contribution in [0, 0.1) is 11.3 Å². The van der Waals surface area contributed by atoms with E-state index < -0.39 is 0 Å². The van der Waals surface area contributed by atoms with Gasteiger partial charge >= 0.3 is 0 Å². The van der Waals surface area contributed by atoms with E-state index in [9.17, 15) is 0 Å². The van der Waals surface area contributed by atoms with E-state index in [4.69, 9.17) is 14.4 Å². The number of ether oxygens (including phenoxy) is 1. The molecule has 0 aliphatic carbocycles. The van der Waals surface area contributed by atoms with Gasteiger partial charge in [-0.3, -0.25) is 0 Å². The van der Waals surface area contributed by atoms with Gasteiger partial charge in [0.15, 0.2) is 11.5 Å². The van der Waals surface area contributed by atoms with Crippen LogP contribution in [0.15, 0.2) is 53.1 Å². The Morgan fingerprint density at radius 2 is 2.15 bits per heavy atom. The molecule has 2 heterocycles. The van der Waals surface area contributed by atoms with Crippen molar-refractivity contribution in [3.8, 4) is 29.0 Å². The number of methoxy groups -OCH3 is 1. The summed E-state index contributed by atoms with van der Waals surface area (Å²) in [5.74, 6) is 1.38. The van der Waals surface area contributed by atoms with Gasteiger partial charge in [0.05, 0.1) is 19.1 Å². The Labute approximate surface area is 115 Å². The van der Waals surface area contributed by atoms with Crippen LogP contribution >= 0.6 is 0 Å². The van der Waals surface area contributed by atoms with Gasteiger partial charge < -0.3 is 9.15 Å². The van der Waals surface area contributed by atoms with Crippen LogP contribution < -0.4 is 4.74 Å². The first-order chi connectivity index (χ1) is 9.81. The number of nitrogens with zero attached hydrogens (tertiary/aromatic N) is 3. The van der Waals surface area contributed by atoms with E-state index in [2.05, 4.69) is 5.10 Å². The van der Waals surface area contributed by atoms with Gasteiger partial charge in [0.1, 0.15) is 17.5 Å². The van der Waals surface area contributed by atoms with Gasteiger partial charge in [-0.1, -0.05) is 6.07 Å². The largest absolute Gasteiger partial charge is 0.497 e. The van der Waals surface area contributed by atoms with E-state index in [1.807, 2.05) is 36.4 Å². The average molecular weight is 265 g/mol. The Morgan fingerprint density at radius 3 is 2.85 bits per heavy atom. The van der Waals surface area contributed by atoms with Gasteiger partial charge in [-0.05, 0) is 24.3 Å². The van der Waals surface area contributed by atoms with E-state index in [-0.39, 0.29) is 0 Å². The molecule has 20 heavy (non-hydrogen) atoms. The average Bonchev–Trinajstić information content (AvgIpc) is 3.15. The van der Waals surface area contributed by atoms with E-state index in [1.165, 1.54) is 0 Å². The predicted octanol–water partition coefficient (Wildman–Crippen LogP) is 3.01. The van der Waals surface area contributed by atoms with Crippen LogP contribution in [0.25, 0.3) is 17.1 Å². The lowest BCUT2D eigenvalue weighted by molar-refractivity contribution is 0.414. The zero-order valence-corrected chi connectivity index (χ0v) is 10.8. The topological polar surface area (TPSA) is 64.0 Å². The molecule has 3 aromatic rings. The molecule has 0 spiro atoms. The van der Waals surface area contributed by atoms with Crippen molar-refractivity contribution in [1.29, 1.82) is 5.26 Å². The highest BCUT2D eigenvalue weighted by molar-refractivity contribution is 5.58. The number of furan rings is 1. The van der Waals surface area contributed by atoms with Crippen molar-refractivity contribution in [3.05, 3.63) is 54.4 Å². The smallest absolute Gasteiger partial charge is 0.163 e. The lowest BCUT2D eigenvalue weighted by Crippen LogP contribution is -1.99.